The van der Waals surface area contributed by atoms with Gasteiger partial charge in [0.1, 0.15) is 5.82 Å². The molecule has 1 amide bonds. The first kappa shape index (κ1) is 29.5. The highest BCUT2D eigenvalue weighted by atomic mass is 19.4. The van der Waals surface area contributed by atoms with Crippen LogP contribution in [0.1, 0.15) is 31.8 Å². The first-order valence-corrected chi connectivity index (χ1v) is 10.7. The fraction of sp³-hybridized carbons (Fsp3) is 0.200. The largest absolute Gasteiger partial charge is 0.447 e. The number of halogens is 10. The summed E-state index contributed by atoms with van der Waals surface area (Å²) in [6.07, 6.45) is -18.4. The van der Waals surface area contributed by atoms with Crippen molar-refractivity contribution in [3.63, 3.8) is 0 Å². The van der Waals surface area contributed by atoms with Gasteiger partial charge in [-0.25, -0.2) is 9.18 Å². The number of nitrogens with zero attached hydrogens (tertiary/aromatic N) is 1. The van der Waals surface area contributed by atoms with Crippen molar-refractivity contribution in [3.8, 4) is 0 Å². The molecule has 0 radical (unpaired) electrons. The smallest absolute Gasteiger partial charge is 0.427 e. The Morgan fingerprint density at radius 1 is 0.718 bits per heavy atom. The van der Waals surface area contributed by atoms with Crippen LogP contribution in [-0.4, -0.2) is 30.7 Å². The predicted octanol–water partition coefficient (Wildman–Crippen LogP) is 7.30. The molecule has 0 N–H and O–H groups in total. The summed E-state index contributed by atoms with van der Waals surface area (Å²) >= 11 is 0. The van der Waals surface area contributed by atoms with E-state index in [1.807, 2.05) is 0 Å². The average molecular weight is 567 g/mol. The fourth-order valence-corrected chi connectivity index (χ4v) is 3.33. The number of carbonyl (C=O) groups excluding carboxylic acids is 2. The lowest BCUT2D eigenvalue weighted by Gasteiger charge is -2.29. The van der Waals surface area contributed by atoms with E-state index >= 15 is 0 Å². The van der Waals surface area contributed by atoms with Crippen LogP contribution >= 0.6 is 0 Å². The lowest BCUT2D eigenvalue weighted by atomic mass is 10.1. The van der Waals surface area contributed by atoms with Crippen molar-refractivity contribution in [1.82, 2.24) is 0 Å². The van der Waals surface area contributed by atoms with Gasteiger partial charge in [-0.3, -0.25) is 4.79 Å². The number of alkyl halides is 9. The minimum absolute atomic E-state index is 0.246. The van der Waals surface area contributed by atoms with Gasteiger partial charge in [0.2, 0.25) is 6.10 Å². The quantitative estimate of drug-likeness (QED) is 0.232. The number of benzene rings is 3. The molecule has 0 spiro atoms. The van der Waals surface area contributed by atoms with Gasteiger partial charge in [0.15, 0.2) is 0 Å². The first-order chi connectivity index (χ1) is 18.0. The molecule has 0 aliphatic carbocycles. The van der Waals surface area contributed by atoms with E-state index in [1.54, 1.807) is 0 Å². The minimum Gasteiger partial charge on any atom is -0.447 e. The van der Waals surface area contributed by atoms with Crippen molar-refractivity contribution in [2.75, 3.05) is 11.4 Å². The van der Waals surface area contributed by atoms with Crippen LogP contribution in [0, 0.1) is 5.82 Å². The number of hydrogen-bond donors (Lipinski definition) is 0. The van der Waals surface area contributed by atoms with Crippen LogP contribution in [0.3, 0.4) is 0 Å². The normalized spacial score (nSPS) is 13.1. The Hall–Kier alpha value is -4.10. The summed E-state index contributed by atoms with van der Waals surface area (Å²) in [6, 6.07) is 8.52. The first-order valence-electron chi connectivity index (χ1n) is 10.7. The SMILES string of the molecule is O=C(OC(CN(C(=O)c1cccc(C(F)(F)F)c1)c1cccc(F)c1)C(F)(F)F)c1cccc(C(F)(F)F)c1. The van der Waals surface area contributed by atoms with E-state index in [0.717, 1.165) is 42.5 Å². The maximum absolute atomic E-state index is 13.9. The molecule has 1 atom stereocenters. The van der Waals surface area contributed by atoms with E-state index in [4.69, 9.17) is 0 Å². The summed E-state index contributed by atoms with van der Waals surface area (Å²) in [5.41, 5.74) is -4.78. The number of hydrogen-bond acceptors (Lipinski definition) is 3. The van der Waals surface area contributed by atoms with Gasteiger partial charge >= 0.3 is 24.5 Å². The Labute approximate surface area is 213 Å². The van der Waals surface area contributed by atoms with Crippen molar-refractivity contribution in [3.05, 3.63) is 101 Å². The maximum atomic E-state index is 13.9. The Balaban J connectivity index is 2.00. The minimum atomic E-state index is -5.41. The van der Waals surface area contributed by atoms with Gasteiger partial charge in [0, 0.05) is 11.3 Å². The molecule has 39 heavy (non-hydrogen) atoms. The van der Waals surface area contributed by atoms with Crippen molar-refractivity contribution >= 4 is 17.6 Å². The number of carbonyl (C=O) groups is 2. The molecule has 0 aromatic heterocycles. The molecule has 14 heteroatoms. The van der Waals surface area contributed by atoms with Crippen molar-refractivity contribution < 1.29 is 58.2 Å². The van der Waals surface area contributed by atoms with Crippen molar-refractivity contribution in [2.24, 2.45) is 0 Å². The van der Waals surface area contributed by atoms with E-state index in [-0.39, 0.29) is 11.0 Å². The van der Waals surface area contributed by atoms with Crippen LogP contribution in [0.15, 0.2) is 72.8 Å². The molecule has 0 saturated heterocycles. The maximum Gasteiger partial charge on any atom is 0.427 e. The Kier molecular flexibility index (Phi) is 8.27. The highest BCUT2D eigenvalue weighted by Crippen LogP contribution is 2.33. The second-order valence-corrected chi connectivity index (χ2v) is 7.99. The summed E-state index contributed by atoms with van der Waals surface area (Å²) in [5.74, 6) is -4.27. The van der Waals surface area contributed by atoms with Crippen LogP contribution in [0.25, 0.3) is 0 Å². The molecule has 3 aromatic carbocycles. The highest BCUT2D eigenvalue weighted by molar-refractivity contribution is 6.06. The summed E-state index contributed by atoms with van der Waals surface area (Å²) in [5, 5.41) is 0. The van der Waals surface area contributed by atoms with Crippen LogP contribution < -0.4 is 4.90 Å². The molecular formula is C25H15F10NO3. The van der Waals surface area contributed by atoms with E-state index in [0.29, 0.717) is 24.3 Å². The van der Waals surface area contributed by atoms with Crippen LogP contribution in [-0.2, 0) is 17.1 Å². The van der Waals surface area contributed by atoms with Gasteiger partial charge in [-0.05, 0) is 54.6 Å². The molecule has 0 saturated carbocycles. The van der Waals surface area contributed by atoms with E-state index in [1.165, 1.54) is 0 Å². The third-order valence-corrected chi connectivity index (χ3v) is 5.19. The van der Waals surface area contributed by atoms with E-state index < -0.39 is 76.8 Å². The molecule has 0 heterocycles. The third kappa shape index (κ3) is 7.48. The average Bonchev–Trinajstić information content (AvgIpc) is 2.84. The Bertz CT molecular complexity index is 1350. The van der Waals surface area contributed by atoms with Gasteiger partial charge in [0.25, 0.3) is 5.91 Å². The third-order valence-electron chi connectivity index (χ3n) is 5.19. The fourth-order valence-electron chi connectivity index (χ4n) is 3.33. The summed E-state index contributed by atoms with van der Waals surface area (Å²) in [7, 11) is 0. The van der Waals surface area contributed by atoms with E-state index in [2.05, 4.69) is 4.74 Å². The second-order valence-electron chi connectivity index (χ2n) is 7.99. The molecule has 3 aromatic rings. The molecule has 0 fully saturated rings. The van der Waals surface area contributed by atoms with Crippen LogP contribution in [0.2, 0.25) is 0 Å². The lowest BCUT2D eigenvalue weighted by molar-refractivity contribution is -0.200. The molecule has 1 unspecified atom stereocenters. The number of rotatable bonds is 6. The standard InChI is InChI=1S/C25H15F10NO3/c26-18-8-3-9-19(12-18)36(21(37)14-4-1-6-16(10-14)23(27,28)29)13-20(25(33,34)35)39-22(38)15-5-2-7-17(11-15)24(30,31)32/h1-12,20H,13H2. The zero-order valence-corrected chi connectivity index (χ0v) is 19.2. The molecule has 0 aliphatic heterocycles. The summed E-state index contributed by atoms with van der Waals surface area (Å²) < 4.78 is 138. The van der Waals surface area contributed by atoms with Gasteiger partial charge in [-0.15, -0.1) is 0 Å². The van der Waals surface area contributed by atoms with Gasteiger partial charge in [-0.2, -0.15) is 39.5 Å². The predicted molar refractivity (Wildman–Crippen MR) is 116 cm³/mol. The number of amides is 1. The second kappa shape index (κ2) is 10.9. The van der Waals surface area contributed by atoms with Gasteiger partial charge in [-0.1, -0.05) is 18.2 Å². The molecular weight excluding hydrogens is 552 g/mol. The Morgan fingerprint density at radius 3 is 1.74 bits per heavy atom. The monoisotopic (exact) mass is 567 g/mol. The zero-order chi connectivity index (χ0) is 29.2. The highest BCUT2D eigenvalue weighted by Gasteiger charge is 2.45. The number of anilines is 1. The van der Waals surface area contributed by atoms with Crippen molar-refractivity contribution in [2.45, 2.75) is 24.6 Å². The molecule has 4 nitrogen and oxygen atoms in total. The summed E-state index contributed by atoms with van der Waals surface area (Å²) in [4.78, 5) is 25.7. The van der Waals surface area contributed by atoms with Crippen molar-refractivity contribution in [1.29, 1.82) is 0 Å². The lowest BCUT2D eigenvalue weighted by Crippen LogP contribution is -2.46. The molecule has 0 bridgehead atoms. The van der Waals surface area contributed by atoms with Gasteiger partial charge in [0.05, 0.1) is 23.2 Å². The van der Waals surface area contributed by atoms with E-state index in [9.17, 15) is 53.5 Å². The summed E-state index contributed by atoms with van der Waals surface area (Å²) in [6.45, 7) is -1.56. The molecule has 208 valence electrons. The Morgan fingerprint density at radius 2 is 1.23 bits per heavy atom. The topological polar surface area (TPSA) is 46.6 Å². The molecule has 3 rings (SSSR count). The number of esters is 1. The van der Waals surface area contributed by atoms with Gasteiger partial charge < -0.3 is 9.64 Å². The molecule has 0 aliphatic rings. The van der Waals surface area contributed by atoms with Crippen LogP contribution in [0.5, 0.6) is 0 Å². The number of ether oxygens (including phenoxy) is 1. The van der Waals surface area contributed by atoms with Crippen LogP contribution in [0.4, 0.5) is 49.6 Å². The zero-order valence-electron chi connectivity index (χ0n) is 19.2.